The maximum absolute atomic E-state index is 10.8. The van der Waals surface area contributed by atoms with Gasteiger partial charge in [0, 0.05) is 5.02 Å². The second-order valence-electron chi connectivity index (χ2n) is 3.00. The number of halogens is 1. The van der Waals surface area contributed by atoms with E-state index in [-0.39, 0.29) is 0 Å². The maximum atomic E-state index is 10.8. The molecule has 1 aromatic rings. The summed E-state index contributed by atoms with van der Waals surface area (Å²) in [7, 11) is 0. The van der Waals surface area contributed by atoms with Crippen LogP contribution < -0.4 is 5.73 Å². The molecule has 0 heterocycles. The molecule has 0 aromatic heterocycles. The molecule has 3 nitrogen and oxygen atoms in total. The third kappa shape index (κ3) is 2.25. The van der Waals surface area contributed by atoms with E-state index < -0.39 is 12.0 Å². The Bertz CT molecular complexity index is 352. The Morgan fingerprint density at radius 2 is 2.29 bits per heavy atom. The summed E-state index contributed by atoms with van der Waals surface area (Å²) in [5.74, 6) is -0.748. The number of benzene rings is 1. The molecule has 0 saturated carbocycles. The normalized spacial score (nSPS) is 12.5. The largest absolute Gasteiger partial charge is 0.378 e. The van der Waals surface area contributed by atoms with Gasteiger partial charge in [-0.25, -0.2) is 0 Å². The first kappa shape index (κ1) is 11.0. The van der Waals surface area contributed by atoms with Gasteiger partial charge in [-0.05, 0) is 29.7 Å². The zero-order valence-corrected chi connectivity index (χ0v) is 8.58. The summed E-state index contributed by atoms with van der Waals surface area (Å²) in [6, 6.07) is 4.97. The van der Waals surface area contributed by atoms with E-state index in [0.29, 0.717) is 17.0 Å². The van der Waals surface area contributed by atoms with Crippen molar-refractivity contribution in [2.24, 2.45) is 5.73 Å². The van der Waals surface area contributed by atoms with E-state index in [9.17, 15) is 9.90 Å². The molecule has 14 heavy (non-hydrogen) atoms. The van der Waals surface area contributed by atoms with Crippen LogP contribution in [0.25, 0.3) is 0 Å². The van der Waals surface area contributed by atoms with Crippen LogP contribution in [0, 0.1) is 0 Å². The van der Waals surface area contributed by atoms with Crippen LogP contribution in [0.1, 0.15) is 24.2 Å². The molecule has 1 aromatic carbocycles. The molecule has 1 atom stereocenters. The summed E-state index contributed by atoms with van der Waals surface area (Å²) in [4.78, 5) is 10.8. The standard InChI is InChI=1S/C10H12ClNO2/c1-2-6-5-7(11)3-4-8(6)9(13)10(12)14/h3-5,9,13H,2H2,1H3,(H2,12,14). The Morgan fingerprint density at radius 1 is 1.64 bits per heavy atom. The highest BCUT2D eigenvalue weighted by atomic mass is 35.5. The number of nitrogens with two attached hydrogens (primary N) is 1. The van der Waals surface area contributed by atoms with Gasteiger partial charge >= 0.3 is 0 Å². The van der Waals surface area contributed by atoms with Crippen LogP contribution in [-0.4, -0.2) is 11.0 Å². The molecule has 0 fully saturated rings. The molecule has 1 rings (SSSR count). The van der Waals surface area contributed by atoms with Crippen molar-refractivity contribution >= 4 is 17.5 Å². The summed E-state index contributed by atoms with van der Waals surface area (Å²) in [5.41, 5.74) is 6.38. The van der Waals surface area contributed by atoms with Crippen molar-refractivity contribution < 1.29 is 9.90 Å². The van der Waals surface area contributed by atoms with Crippen molar-refractivity contribution in [2.75, 3.05) is 0 Å². The van der Waals surface area contributed by atoms with Gasteiger partial charge in [-0.15, -0.1) is 0 Å². The third-order valence-corrected chi connectivity index (χ3v) is 2.29. The summed E-state index contributed by atoms with van der Waals surface area (Å²) >= 11 is 5.78. The van der Waals surface area contributed by atoms with E-state index in [1.807, 2.05) is 6.92 Å². The number of amides is 1. The first-order valence-corrected chi connectivity index (χ1v) is 4.69. The molecule has 0 aliphatic heterocycles. The Morgan fingerprint density at radius 3 is 2.79 bits per heavy atom. The molecule has 1 amide bonds. The van der Waals surface area contributed by atoms with Gasteiger partial charge in [0.25, 0.3) is 5.91 Å². The maximum Gasteiger partial charge on any atom is 0.250 e. The van der Waals surface area contributed by atoms with E-state index >= 15 is 0 Å². The highest BCUT2D eigenvalue weighted by Gasteiger charge is 2.16. The van der Waals surface area contributed by atoms with Crippen LogP contribution in [0.15, 0.2) is 18.2 Å². The summed E-state index contributed by atoms with van der Waals surface area (Å²) in [6.07, 6.45) is -0.553. The molecule has 0 saturated heterocycles. The average Bonchev–Trinajstić information content (AvgIpc) is 2.16. The molecule has 0 bridgehead atoms. The lowest BCUT2D eigenvalue weighted by molar-refractivity contribution is -0.126. The molecule has 0 spiro atoms. The molecule has 76 valence electrons. The lowest BCUT2D eigenvalue weighted by atomic mass is 10.0. The van der Waals surface area contributed by atoms with E-state index in [1.165, 1.54) is 0 Å². The van der Waals surface area contributed by atoms with E-state index in [2.05, 4.69) is 0 Å². The van der Waals surface area contributed by atoms with Crippen LogP contribution in [0.4, 0.5) is 0 Å². The second kappa shape index (κ2) is 4.44. The summed E-state index contributed by atoms with van der Waals surface area (Å²) < 4.78 is 0. The lowest BCUT2D eigenvalue weighted by Crippen LogP contribution is -2.21. The Balaban J connectivity index is 3.13. The second-order valence-corrected chi connectivity index (χ2v) is 3.44. The Kier molecular flexibility index (Phi) is 3.49. The highest BCUT2D eigenvalue weighted by molar-refractivity contribution is 6.30. The van der Waals surface area contributed by atoms with Gasteiger partial charge in [0.2, 0.25) is 0 Å². The zero-order valence-electron chi connectivity index (χ0n) is 7.83. The SMILES string of the molecule is CCc1cc(Cl)ccc1C(O)C(N)=O. The molecule has 4 heteroatoms. The fraction of sp³-hybridized carbons (Fsp3) is 0.300. The quantitative estimate of drug-likeness (QED) is 0.798. The Hall–Kier alpha value is -1.06. The number of aliphatic hydroxyl groups is 1. The van der Waals surface area contributed by atoms with Gasteiger partial charge < -0.3 is 10.8 Å². The number of primary amides is 1. The Labute approximate surface area is 87.5 Å². The summed E-state index contributed by atoms with van der Waals surface area (Å²) in [6.45, 7) is 1.92. The number of aliphatic hydroxyl groups excluding tert-OH is 1. The van der Waals surface area contributed by atoms with Gasteiger partial charge in [-0.1, -0.05) is 24.6 Å². The van der Waals surface area contributed by atoms with E-state index in [1.54, 1.807) is 18.2 Å². The summed E-state index contributed by atoms with van der Waals surface area (Å²) in [5, 5.41) is 10.1. The van der Waals surface area contributed by atoms with Crippen molar-refractivity contribution in [3.8, 4) is 0 Å². The van der Waals surface area contributed by atoms with Crippen molar-refractivity contribution in [1.29, 1.82) is 0 Å². The third-order valence-electron chi connectivity index (χ3n) is 2.05. The first-order chi connectivity index (χ1) is 6.56. The molecular weight excluding hydrogens is 202 g/mol. The fourth-order valence-corrected chi connectivity index (χ4v) is 1.50. The smallest absolute Gasteiger partial charge is 0.250 e. The number of hydrogen-bond donors (Lipinski definition) is 2. The number of carbonyl (C=O) groups excluding carboxylic acids is 1. The zero-order chi connectivity index (χ0) is 10.7. The van der Waals surface area contributed by atoms with Crippen molar-refractivity contribution in [2.45, 2.75) is 19.4 Å². The lowest BCUT2D eigenvalue weighted by Gasteiger charge is -2.11. The van der Waals surface area contributed by atoms with Gasteiger partial charge in [0.15, 0.2) is 6.10 Å². The predicted molar refractivity (Wildman–Crippen MR) is 55.0 cm³/mol. The number of rotatable bonds is 3. The number of hydrogen-bond acceptors (Lipinski definition) is 2. The van der Waals surface area contributed by atoms with Crippen LogP contribution >= 0.6 is 11.6 Å². The molecule has 3 N–H and O–H groups in total. The number of carbonyl (C=O) groups is 1. The van der Waals surface area contributed by atoms with Gasteiger partial charge in [0.05, 0.1) is 0 Å². The topological polar surface area (TPSA) is 63.3 Å². The van der Waals surface area contributed by atoms with Gasteiger partial charge in [-0.3, -0.25) is 4.79 Å². The highest BCUT2D eigenvalue weighted by Crippen LogP contribution is 2.22. The molecule has 0 aliphatic rings. The van der Waals surface area contributed by atoms with Crippen molar-refractivity contribution in [1.82, 2.24) is 0 Å². The van der Waals surface area contributed by atoms with Crippen LogP contribution in [0.3, 0.4) is 0 Å². The van der Waals surface area contributed by atoms with Crippen LogP contribution in [0.2, 0.25) is 5.02 Å². The monoisotopic (exact) mass is 213 g/mol. The minimum absolute atomic E-state index is 0.532. The molecule has 1 unspecified atom stereocenters. The van der Waals surface area contributed by atoms with Crippen LogP contribution in [-0.2, 0) is 11.2 Å². The van der Waals surface area contributed by atoms with Crippen molar-refractivity contribution in [3.05, 3.63) is 34.3 Å². The number of aryl methyl sites for hydroxylation is 1. The molecule has 0 radical (unpaired) electrons. The minimum Gasteiger partial charge on any atom is -0.378 e. The first-order valence-electron chi connectivity index (χ1n) is 4.32. The molecule has 0 aliphatic carbocycles. The molecular formula is C10H12ClNO2. The fourth-order valence-electron chi connectivity index (χ4n) is 1.30. The van der Waals surface area contributed by atoms with Gasteiger partial charge in [-0.2, -0.15) is 0 Å². The van der Waals surface area contributed by atoms with Crippen molar-refractivity contribution in [3.63, 3.8) is 0 Å². The average molecular weight is 214 g/mol. The van der Waals surface area contributed by atoms with Crippen LogP contribution in [0.5, 0.6) is 0 Å². The predicted octanol–water partition coefficient (Wildman–Crippen LogP) is 1.42. The van der Waals surface area contributed by atoms with E-state index in [4.69, 9.17) is 17.3 Å². The minimum atomic E-state index is -1.25. The van der Waals surface area contributed by atoms with Gasteiger partial charge in [0.1, 0.15) is 0 Å². The van der Waals surface area contributed by atoms with E-state index in [0.717, 1.165) is 5.56 Å².